The largest absolute Gasteiger partial charge is 0.306 e. The topological polar surface area (TPSA) is 88.9 Å². The van der Waals surface area contributed by atoms with Crippen molar-refractivity contribution in [2.45, 2.75) is 24.0 Å². The van der Waals surface area contributed by atoms with Crippen molar-refractivity contribution in [2.24, 2.45) is 0 Å². The maximum absolute atomic E-state index is 12.8. The molecule has 0 spiro atoms. The Kier molecular flexibility index (Phi) is 4.56. The number of amides is 2. The van der Waals surface area contributed by atoms with E-state index in [1.807, 2.05) is 4.57 Å². The smallest absolute Gasteiger partial charge is 0.269 e. The summed E-state index contributed by atoms with van der Waals surface area (Å²) in [5, 5.41) is 8.50. The van der Waals surface area contributed by atoms with Crippen LogP contribution in [0.5, 0.6) is 0 Å². The van der Waals surface area contributed by atoms with Gasteiger partial charge in [-0.25, -0.2) is 4.39 Å². The van der Waals surface area contributed by atoms with Crippen LogP contribution in [0.1, 0.15) is 29.2 Å². The zero-order valence-electron chi connectivity index (χ0n) is 12.0. The number of nitrogens with one attached hydrogen (secondary N) is 2. The lowest BCUT2D eigenvalue weighted by molar-refractivity contribution is -0.119. The van der Waals surface area contributed by atoms with Crippen molar-refractivity contribution in [3.05, 3.63) is 42.0 Å². The Morgan fingerprint density at radius 1 is 1.26 bits per heavy atom. The maximum Gasteiger partial charge on any atom is 0.269 e. The van der Waals surface area contributed by atoms with Gasteiger partial charge in [-0.3, -0.25) is 20.4 Å². The van der Waals surface area contributed by atoms with Crippen LogP contribution in [0.4, 0.5) is 4.39 Å². The summed E-state index contributed by atoms with van der Waals surface area (Å²) in [6.07, 6.45) is 3.87. The summed E-state index contributed by atoms with van der Waals surface area (Å²) in [5.74, 6) is -1.20. The van der Waals surface area contributed by atoms with Gasteiger partial charge in [0.1, 0.15) is 12.1 Å². The molecule has 0 saturated heterocycles. The first kappa shape index (κ1) is 15.5. The van der Waals surface area contributed by atoms with E-state index in [2.05, 4.69) is 21.0 Å². The van der Waals surface area contributed by atoms with Gasteiger partial charge in [0.15, 0.2) is 5.16 Å². The van der Waals surface area contributed by atoms with Crippen LogP contribution in [-0.2, 0) is 4.79 Å². The van der Waals surface area contributed by atoms with Gasteiger partial charge in [0.2, 0.25) is 5.91 Å². The Morgan fingerprint density at radius 2 is 2.00 bits per heavy atom. The molecule has 1 aliphatic carbocycles. The van der Waals surface area contributed by atoms with Crippen LogP contribution in [0, 0.1) is 5.82 Å². The number of aromatic nitrogens is 3. The molecular weight excluding hydrogens is 321 g/mol. The fourth-order valence-corrected chi connectivity index (χ4v) is 2.69. The molecule has 2 amide bonds. The third kappa shape index (κ3) is 4.07. The van der Waals surface area contributed by atoms with Gasteiger partial charge in [0.05, 0.1) is 5.75 Å². The predicted octanol–water partition coefficient (Wildman–Crippen LogP) is 1.31. The number of carbonyl (C=O) groups excluding carboxylic acids is 2. The van der Waals surface area contributed by atoms with Crippen LogP contribution >= 0.6 is 11.8 Å². The maximum atomic E-state index is 12.8. The van der Waals surface area contributed by atoms with E-state index in [4.69, 9.17) is 0 Å². The average Bonchev–Trinajstić information content (AvgIpc) is 3.29. The van der Waals surface area contributed by atoms with E-state index in [-0.39, 0.29) is 17.2 Å². The van der Waals surface area contributed by atoms with Crippen LogP contribution in [0.3, 0.4) is 0 Å². The van der Waals surface area contributed by atoms with Gasteiger partial charge < -0.3 is 4.57 Å². The van der Waals surface area contributed by atoms with Gasteiger partial charge in [-0.15, -0.1) is 10.2 Å². The number of rotatable bonds is 5. The molecule has 2 N–H and O–H groups in total. The molecule has 0 bridgehead atoms. The van der Waals surface area contributed by atoms with Gasteiger partial charge in [-0.2, -0.15) is 0 Å². The van der Waals surface area contributed by atoms with Crippen LogP contribution in [0.25, 0.3) is 0 Å². The van der Waals surface area contributed by atoms with E-state index in [1.54, 1.807) is 6.33 Å². The molecule has 120 valence electrons. The highest BCUT2D eigenvalue weighted by Crippen LogP contribution is 2.37. The minimum absolute atomic E-state index is 0.106. The number of thioether (sulfide) groups is 1. The van der Waals surface area contributed by atoms with E-state index < -0.39 is 11.7 Å². The zero-order valence-corrected chi connectivity index (χ0v) is 12.8. The molecule has 23 heavy (non-hydrogen) atoms. The standard InChI is InChI=1S/C14H14FN5O2S/c15-10-3-1-9(2-4-10)13(22)18-17-12(21)7-23-14-19-16-8-20(14)11-5-6-11/h1-4,8,11H,5-7H2,(H,17,21)(H,18,22). The lowest BCUT2D eigenvalue weighted by atomic mass is 10.2. The van der Waals surface area contributed by atoms with E-state index in [0.29, 0.717) is 11.2 Å². The predicted molar refractivity (Wildman–Crippen MR) is 81.0 cm³/mol. The van der Waals surface area contributed by atoms with Crippen molar-refractivity contribution in [1.29, 1.82) is 0 Å². The molecule has 1 saturated carbocycles. The van der Waals surface area contributed by atoms with E-state index in [9.17, 15) is 14.0 Å². The zero-order chi connectivity index (χ0) is 16.2. The number of hydrogen-bond donors (Lipinski definition) is 2. The highest BCUT2D eigenvalue weighted by molar-refractivity contribution is 7.99. The fraction of sp³-hybridized carbons (Fsp3) is 0.286. The number of carbonyl (C=O) groups is 2. The Hall–Kier alpha value is -2.42. The molecule has 0 atom stereocenters. The van der Waals surface area contributed by atoms with E-state index >= 15 is 0 Å². The number of halogens is 1. The van der Waals surface area contributed by atoms with Crippen LogP contribution in [0.2, 0.25) is 0 Å². The highest BCUT2D eigenvalue weighted by atomic mass is 32.2. The Labute approximate surface area is 135 Å². The van der Waals surface area contributed by atoms with Crippen molar-refractivity contribution in [3.8, 4) is 0 Å². The first-order chi connectivity index (χ1) is 11.1. The van der Waals surface area contributed by atoms with Gasteiger partial charge in [0, 0.05) is 11.6 Å². The lowest BCUT2D eigenvalue weighted by Gasteiger charge is -2.07. The second-order valence-corrected chi connectivity index (χ2v) is 5.99. The van der Waals surface area contributed by atoms with Crippen molar-refractivity contribution < 1.29 is 14.0 Å². The molecule has 1 heterocycles. The number of benzene rings is 1. The van der Waals surface area contributed by atoms with Gasteiger partial charge in [-0.1, -0.05) is 11.8 Å². The van der Waals surface area contributed by atoms with Gasteiger partial charge in [0.25, 0.3) is 5.91 Å². The molecule has 9 heteroatoms. The molecule has 2 aromatic rings. The molecule has 1 fully saturated rings. The molecular formula is C14H14FN5O2S. The van der Waals surface area contributed by atoms with Crippen LogP contribution < -0.4 is 10.9 Å². The monoisotopic (exact) mass is 335 g/mol. The van der Waals surface area contributed by atoms with E-state index in [1.165, 1.54) is 36.0 Å². The molecule has 1 aromatic heterocycles. The summed E-state index contributed by atoms with van der Waals surface area (Å²) >= 11 is 1.26. The SMILES string of the molecule is O=C(CSc1nncn1C1CC1)NNC(=O)c1ccc(F)cc1. The third-order valence-electron chi connectivity index (χ3n) is 3.23. The molecule has 7 nitrogen and oxygen atoms in total. The van der Waals surface area contributed by atoms with Gasteiger partial charge >= 0.3 is 0 Å². The summed E-state index contributed by atoms with van der Waals surface area (Å²) in [7, 11) is 0. The summed E-state index contributed by atoms with van der Waals surface area (Å²) in [6, 6.07) is 5.47. The van der Waals surface area contributed by atoms with Crippen molar-refractivity contribution in [3.63, 3.8) is 0 Å². The summed E-state index contributed by atoms with van der Waals surface area (Å²) in [5.41, 5.74) is 4.85. The normalized spacial score (nSPS) is 13.6. The van der Waals surface area contributed by atoms with Crippen molar-refractivity contribution >= 4 is 23.6 Å². The summed E-state index contributed by atoms with van der Waals surface area (Å²) in [4.78, 5) is 23.5. The molecule has 3 rings (SSSR count). The number of hydrogen-bond acceptors (Lipinski definition) is 5. The summed E-state index contributed by atoms with van der Waals surface area (Å²) < 4.78 is 14.7. The van der Waals surface area contributed by atoms with Gasteiger partial charge in [-0.05, 0) is 37.1 Å². The Balaban J connectivity index is 1.45. The first-order valence-electron chi connectivity index (χ1n) is 7.00. The van der Waals surface area contributed by atoms with Crippen molar-refractivity contribution in [2.75, 3.05) is 5.75 Å². The molecule has 0 aliphatic heterocycles. The lowest BCUT2D eigenvalue weighted by Crippen LogP contribution is -2.42. The summed E-state index contributed by atoms with van der Waals surface area (Å²) in [6.45, 7) is 0. The minimum atomic E-state index is -0.510. The first-order valence-corrected chi connectivity index (χ1v) is 7.99. The Bertz CT molecular complexity index is 714. The van der Waals surface area contributed by atoms with E-state index in [0.717, 1.165) is 12.8 Å². The Morgan fingerprint density at radius 3 is 2.70 bits per heavy atom. The average molecular weight is 335 g/mol. The molecule has 1 aliphatic rings. The second kappa shape index (κ2) is 6.78. The fourth-order valence-electron chi connectivity index (χ4n) is 1.90. The van der Waals surface area contributed by atoms with Crippen LogP contribution in [-0.4, -0.2) is 32.3 Å². The number of nitrogens with zero attached hydrogens (tertiary/aromatic N) is 3. The van der Waals surface area contributed by atoms with Crippen molar-refractivity contribution in [1.82, 2.24) is 25.6 Å². The third-order valence-corrected chi connectivity index (χ3v) is 4.19. The number of hydrazine groups is 1. The second-order valence-electron chi connectivity index (χ2n) is 5.05. The molecule has 0 radical (unpaired) electrons. The molecule has 1 aromatic carbocycles. The highest BCUT2D eigenvalue weighted by Gasteiger charge is 2.26. The van der Waals surface area contributed by atoms with Crippen LogP contribution in [0.15, 0.2) is 35.7 Å². The molecule has 0 unspecified atom stereocenters. The quantitative estimate of drug-likeness (QED) is 0.635. The minimum Gasteiger partial charge on any atom is -0.306 e.